The first-order chi connectivity index (χ1) is 9.92. The zero-order valence-electron chi connectivity index (χ0n) is 10.7. The van der Waals surface area contributed by atoms with Gasteiger partial charge >= 0.3 is 0 Å². The van der Waals surface area contributed by atoms with E-state index in [1.165, 1.54) is 25.3 Å². The molecule has 0 aliphatic carbocycles. The molecule has 0 fully saturated rings. The SMILES string of the molecule is COc1cc(NC(=O)c2cc(F)c(F)c(F)c2)ccc1Cl. The van der Waals surface area contributed by atoms with Crippen molar-refractivity contribution in [3.05, 3.63) is 58.4 Å². The molecule has 1 N–H and O–H groups in total. The number of hydrogen-bond donors (Lipinski definition) is 1. The number of carbonyl (C=O) groups excluding carboxylic acids is 1. The van der Waals surface area contributed by atoms with Crippen LogP contribution in [-0.4, -0.2) is 13.0 Å². The zero-order chi connectivity index (χ0) is 15.6. The minimum Gasteiger partial charge on any atom is -0.495 e. The summed E-state index contributed by atoms with van der Waals surface area (Å²) < 4.78 is 44.0. The molecule has 2 aromatic carbocycles. The molecule has 0 unspecified atom stereocenters. The van der Waals surface area contributed by atoms with Gasteiger partial charge in [0.2, 0.25) is 0 Å². The third kappa shape index (κ3) is 3.28. The Morgan fingerprint density at radius 3 is 2.33 bits per heavy atom. The van der Waals surface area contributed by atoms with Gasteiger partial charge in [-0.1, -0.05) is 11.6 Å². The molecule has 0 heterocycles. The van der Waals surface area contributed by atoms with Crippen LogP contribution in [0, 0.1) is 17.5 Å². The predicted molar refractivity (Wildman–Crippen MR) is 72.3 cm³/mol. The molecule has 0 aliphatic heterocycles. The first-order valence-electron chi connectivity index (χ1n) is 5.72. The Kier molecular flexibility index (Phi) is 4.37. The molecule has 0 aromatic heterocycles. The minimum absolute atomic E-state index is 0.311. The van der Waals surface area contributed by atoms with E-state index in [4.69, 9.17) is 16.3 Å². The maximum Gasteiger partial charge on any atom is 0.255 e. The van der Waals surface area contributed by atoms with Crippen LogP contribution >= 0.6 is 11.6 Å². The first kappa shape index (κ1) is 15.2. The van der Waals surface area contributed by atoms with Crippen LogP contribution in [0.15, 0.2) is 30.3 Å². The predicted octanol–water partition coefficient (Wildman–Crippen LogP) is 4.02. The van der Waals surface area contributed by atoms with Gasteiger partial charge in [0.25, 0.3) is 5.91 Å². The number of amides is 1. The van der Waals surface area contributed by atoms with Crippen molar-refractivity contribution in [3.8, 4) is 5.75 Å². The molecule has 0 atom stereocenters. The Bertz CT molecular complexity index is 684. The number of ether oxygens (including phenoxy) is 1. The van der Waals surface area contributed by atoms with Crippen LogP contribution in [-0.2, 0) is 0 Å². The van der Waals surface area contributed by atoms with Gasteiger partial charge in [-0.05, 0) is 24.3 Å². The number of anilines is 1. The standard InChI is InChI=1S/C14H9ClF3NO2/c1-21-12-6-8(2-3-9(12)15)19-14(20)7-4-10(16)13(18)11(17)5-7/h2-6H,1H3,(H,19,20). The summed E-state index contributed by atoms with van der Waals surface area (Å²) in [6, 6.07) is 5.64. The molecule has 0 aliphatic rings. The van der Waals surface area contributed by atoms with Gasteiger partial charge in [-0.15, -0.1) is 0 Å². The van der Waals surface area contributed by atoms with Crippen molar-refractivity contribution in [2.45, 2.75) is 0 Å². The van der Waals surface area contributed by atoms with Crippen LogP contribution in [0.1, 0.15) is 10.4 Å². The van der Waals surface area contributed by atoms with E-state index >= 15 is 0 Å². The third-order valence-electron chi connectivity index (χ3n) is 2.65. The summed E-state index contributed by atoms with van der Waals surface area (Å²) in [6.45, 7) is 0. The van der Waals surface area contributed by atoms with Crippen LogP contribution in [0.25, 0.3) is 0 Å². The average Bonchev–Trinajstić information content (AvgIpc) is 2.46. The quantitative estimate of drug-likeness (QED) is 0.869. The molecular weight excluding hydrogens is 307 g/mol. The maximum atomic E-state index is 13.1. The van der Waals surface area contributed by atoms with Gasteiger partial charge in [0.05, 0.1) is 12.1 Å². The Hall–Kier alpha value is -2.21. The largest absolute Gasteiger partial charge is 0.495 e. The lowest BCUT2D eigenvalue weighted by atomic mass is 10.2. The van der Waals surface area contributed by atoms with E-state index in [1.807, 2.05) is 0 Å². The second-order valence-electron chi connectivity index (χ2n) is 4.06. The number of nitrogens with one attached hydrogen (secondary N) is 1. The van der Waals surface area contributed by atoms with Crippen LogP contribution in [0.3, 0.4) is 0 Å². The second kappa shape index (κ2) is 6.05. The van der Waals surface area contributed by atoms with Crippen molar-refractivity contribution in [1.29, 1.82) is 0 Å². The summed E-state index contributed by atoms with van der Waals surface area (Å²) in [5.41, 5.74) is -0.0355. The van der Waals surface area contributed by atoms with Crippen molar-refractivity contribution in [3.63, 3.8) is 0 Å². The van der Waals surface area contributed by atoms with Crippen molar-refractivity contribution in [2.24, 2.45) is 0 Å². The Morgan fingerprint density at radius 2 is 1.76 bits per heavy atom. The fraction of sp³-hybridized carbons (Fsp3) is 0.0714. The molecule has 0 bridgehead atoms. The topological polar surface area (TPSA) is 38.3 Å². The van der Waals surface area contributed by atoms with Gasteiger partial charge in [0, 0.05) is 17.3 Å². The van der Waals surface area contributed by atoms with Crippen LogP contribution < -0.4 is 10.1 Å². The molecule has 1 amide bonds. The van der Waals surface area contributed by atoms with Crippen LogP contribution in [0.5, 0.6) is 5.75 Å². The molecule has 0 saturated carbocycles. The highest BCUT2D eigenvalue weighted by Crippen LogP contribution is 2.27. The second-order valence-corrected chi connectivity index (χ2v) is 4.46. The molecule has 0 spiro atoms. The summed E-state index contributed by atoms with van der Waals surface area (Å²) in [4.78, 5) is 11.9. The minimum atomic E-state index is -1.63. The summed E-state index contributed by atoms with van der Waals surface area (Å²) in [5, 5.41) is 2.74. The molecule has 3 nitrogen and oxygen atoms in total. The van der Waals surface area contributed by atoms with E-state index in [9.17, 15) is 18.0 Å². The van der Waals surface area contributed by atoms with Gasteiger partial charge in [0.15, 0.2) is 17.5 Å². The summed E-state index contributed by atoms with van der Waals surface area (Å²) in [5.74, 6) is -4.97. The van der Waals surface area contributed by atoms with E-state index in [2.05, 4.69) is 5.32 Å². The Labute approximate surface area is 123 Å². The third-order valence-corrected chi connectivity index (χ3v) is 2.97. The zero-order valence-corrected chi connectivity index (χ0v) is 11.5. The highest BCUT2D eigenvalue weighted by molar-refractivity contribution is 6.32. The molecule has 2 rings (SSSR count). The van der Waals surface area contributed by atoms with E-state index in [-0.39, 0.29) is 5.56 Å². The molecule has 21 heavy (non-hydrogen) atoms. The fourth-order valence-corrected chi connectivity index (χ4v) is 1.82. The Morgan fingerprint density at radius 1 is 1.14 bits per heavy atom. The summed E-state index contributed by atoms with van der Waals surface area (Å²) in [6.07, 6.45) is 0. The van der Waals surface area contributed by atoms with Crippen molar-refractivity contribution < 1.29 is 22.7 Å². The van der Waals surface area contributed by atoms with Gasteiger partial charge in [-0.3, -0.25) is 4.79 Å². The van der Waals surface area contributed by atoms with Gasteiger partial charge in [-0.25, -0.2) is 13.2 Å². The highest BCUT2D eigenvalue weighted by atomic mass is 35.5. The summed E-state index contributed by atoms with van der Waals surface area (Å²) in [7, 11) is 1.40. The van der Waals surface area contributed by atoms with E-state index < -0.39 is 23.4 Å². The average molecular weight is 316 g/mol. The van der Waals surface area contributed by atoms with E-state index in [0.717, 1.165) is 0 Å². The molecule has 0 saturated heterocycles. The highest BCUT2D eigenvalue weighted by Gasteiger charge is 2.15. The normalized spacial score (nSPS) is 10.3. The number of hydrogen-bond acceptors (Lipinski definition) is 2. The number of carbonyl (C=O) groups is 1. The van der Waals surface area contributed by atoms with Gasteiger partial charge in [0.1, 0.15) is 5.75 Å². The van der Waals surface area contributed by atoms with Crippen LogP contribution in [0.2, 0.25) is 5.02 Å². The molecule has 110 valence electrons. The number of rotatable bonds is 3. The fourth-order valence-electron chi connectivity index (χ4n) is 1.63. The van der Waals surface area contributed by atoms with E-state index in [1.54, 1.807) is 0 Å². The van der Waals surface area contributed by atoms with Crippen molar-refractivity contribution >= 4 is 23.2 Å². The molecule has 7 heteroatoms. The maximum absolute atomic E-state index is 13.1. The van der Waals surface area contributed by atoms with Crippen molar-refractivity contribution in [2.75, 3.05) is 12.4 Å². The van der Waals surface area contributed by atoms with Gasteiger partial charge < -0.3 is 10.1 Å². The smallest absolute Gasteiger partial charge is 0.255 e. The molecule has 0 radical (unpaired) electrons. The molecule has 2 aromatic rings. The monoisotopic (exact) mass is 315 g/mol. The van der Waals surface area contributed by atoms with Crippen molar-refractivity contribution in [1.82, 2.24) is 0 Å². The number of halogens is 4. The summed E-state index contributed by atoms with van der Waals surface area (Å²) >= 11 is 5.83. The molecular formula is C14H9ClF3NO2. The number of methoxy groups -OCH3 is 1. The lowest BCUT2D eigenvalue weighted by Crippen LogP contribution is -2.13. The lowest BCUT2D eigenvalue weighted by Gasteiger charge is -2.09. The van der Waals surface area contributed by atoms with E-state index in [0.29, 0.717) is 28.6 Å². The first-order valence-corrected chi connectivity index (χ1v) is 6.09. The Balaban J connectivity index is 2.26. The van der Waals surface area contributed by atoms with Crippen LogP contribution in [0.4, 0.5) is 18.9 Å². The van der Waals surface area contributed by atoms with Gasteiger partial charge in [-0.2, -0.15) is 0 Å². The number of benzene rings is 2. The lowest BCUT2D eigenvalue weighted by molar-refractivity contribution is 0.102.